The number of carbonyl (C=O) groups excluding carboxylic acids is 2. The maximum absolute atomic E-state index is 12.2. The summed E-state index contributed by atoms with van der Waals surface area (Å²) in [6, 6.07) is 4.58. The van der Waals surface area contributed by atoms with Gasteiger partial charge in [0.1, 0.15) is 23.4 Å². The zero-order chi connectivity index (χ0) is 28.8. The average molecular weight is 584 g/mol. The second-order valence-corrected chi connectivity index (χ2v) is 14.3. The van der Waals surface area contributed by atoms with Crippen LogP contribution in [0.15, 0.2) is 16.8 Å². The number of rotatable bonds is 1. The molecule has 11 nitrogen and oxygen atoms in total. The summed E-state index contributed by atoms with van der Waals surface area (Å²) in [6.07, 6.45) is -0.542. The van der Waals surface area contributed by atoms with Crippen LogP contribution in [0.3, 0.4) is 0 Å². The van der Waals surface area contributed by atoms with E-state index in [9.17, 15) is 23.3 Å². The van der Waals surface area contributed by atoms with Gasteiger partial charge in [-0.15, -0.1) is 0 Å². The van der Waals surface area contributed by atoms with E-state index in [0.29, 0.717) is 32.0 Å². The third-order valence-electron chi connectivity index (χ3n) is 7.14. The molecule has 3 aliphatic heterocycles. The molecule has 0 N–H and O–H groups in total. The molecule has 4 heterocycles. The van der Waals surface area contributed by atoms with Crippen molar-refractivity contribution in [2.24, 2.45) is 11.8 Å². The molecule has 4 fully saturated rings. The van der Waals surface area contributed by atoms with Gasteiger partial charge in [0.15, 0.2) is 0 Å². The van der Waals surface area contributed by atoms with Gasteiger partial charge >= 0.3 is 22.6 Å². The summed E-state index contributed by atoms with van der Waals surface area (Å²) in [5, 5.41) is 13.8. The van der Waals surface area contributed by atoms with Gasteiger partial charge in [-0.2, -0.15) is 25.0 Å². The first-order chi connectivity index (χ1) is 18.0. The molecule has 1 saturated carbocycles. The molecule has 2 amide bonds. The highest BCUT2D eigenvalue weighted by Crippen LogP contribution is 2.63. The van der Waals surface area contributed by atoms with Crippen LogP contribution in [0, 0.1) is 23.2 Å². The number of amides is 2. The Bertz CT molecular complexity index is 1220. The lowest BCUT2D eigenvalue weighted by Gasteiger charge is -2.33. The van der Waals surface area contributed by atoms with E-state index in [2.05, 4.69) is 11.4 Å². The third kappa shape index (κ3) is 6.67. The van der Waals surface area contributed by atoms with Gasteiger partial charge in [0.2, 0.25) is 0 Å². The first kappa shape index (κ1) is 29.6. The number of piperidine rings is 2. The Morgan fingerprint density at radius 1 is 0.974 bits per heavy atom. The van der Waals surface area contributed by atoms with Gasteiger partial charge in [-0.05, 0) is 82.7 Å². The van der Waals surface area contributed by atoms with Crippen LogP contribution in [0.4, 0.5) is 9.59 Å². The number of carbonyl (C=O) groups is 2. The number of hydrogen-bond acceptors (Lipinski definition) is 10. The number of likely N-dealkylation sites (tertiary alicyclic amines) is 2. The van der Waals surface area contributed by atoms with Crippen molar-refractivity contribution in [1.29, 1.82) is 5.26 Å². The average Bonchev–Trinajstić information content (AvgIpc) is 3.10. The van der Waals surface area contributed by atoms with Crippen molar-refractivity contribution in [2.45, 2.75) is 83.2 Å². The number of nitriles is 1. The van der Waals surface area contributed by atoms with Crippen LogP contribution >= 0.6 is 11.3 Å². The van der Waals surface area contributed by atoms with Crippen molar-refractivity contribution in [3.63, 3.8) is 0 Å². The number of fused-ring (bicyclic) bond motifs is 2. The Balaban J connectivity index is 0.000000183. The number of ether oxygens (including phenoxy) is 2. The van der Waals surface area contributed by atoms with Crippen molar-refractivity contribution in [2.75, 3.05) is 26.2 Å². The molecule has 13 heteroatoms. The molecule has 0 aromatic carbocycles. The van der Waals surface area contributed by atoms with Gasteiger partial charge in [0, 0.05) is 25.6 Å². The molecule has 39 heavy (non-hydrogen) atoms. The molecule has 216 valence electrons. The largest absolute Gasteiger partial charge is 0.444 e. The summed E-state index contributed by atoms with van der Waals surface area (Å²) in [5.74, 6) is 0.633. The zero-order valence-electron chi connectivity index (χ0n) is 23.2. The van der Waals surface area contributed by atoms with Gasteiger partial charge in [-0.25, -0.2) is 18.0 Å². The smallest absolute Gasteiger partial charge is 0.410 e. The highest BCUT2D eigenvalue weighted by Gasteiger charge is 2.68. The molecule has 4 aliphatic rings. The third-order valence-corrected chi connectivity index (χ3v) is 8.79. The molecular formula is C26H37N3O8S2. The summed E-state index contributed by atoms with van der Waals surface area (Å²) in [7, 11) is -3.89. The van der Waals surface area contributed by atoms with E-state index in [1.807, 2.05) is 32.2 Å². The quantitative estimate of drug-likeness (QED) is 0.480. The van der Waals surface area contributed by atoms with Crippen LogP contribution in [-0.4, -0.2) is 80.0 Å². The van der Waals surface area contributed by atoms with E-state index < -0.39 is 39.9 Å². The zero-order valence-corrected chi connectivity index (χ0v) is 24.8. The predicted octanol–water partition coefficient (Wildman–Crippen LogP) is 4.05. The van der Waals surface area contributed by atoms with Gasteiger partial charge in [0.25, 0.3) is 0 Å². The van der Waals surface area contributed by atoms with E-state index in [-0.39, 0.29) is 24.0 Å². The second-order valence-electron chi connectivity index (χ2n) is 12.3. The van der Waals surface area contributed by atoms with E-state index in [4.69, 9.17) is 17.8 Å². The number of hydrogen-bond donors (Lipinski definition) is 0. The first-order valence-electron chi connectivity index (χ1n) is 13.1. The van der Waals surface area contributed by atoms with Crippen LogP contribution < -0.4 is 0 Å². The monoisotopic (exact) mass is 583 g/mol. The fourth-order valence-electron chi connectivity index (χ4n) is 5.43. The summed E-state index contributed by atoms with van der Waals surface area (Å²) in [6.45, 7) is 12.8. The highest BCUT2D eigenvalue weighted by atomic mass is 32.3. The number of nitrogens with zero attached hydrogens (tertiary/aromatic N) is 3. The molecule has 0 bridgehead atoms. The molecule has 1 aromatic rings. The lowest BCUT2D eigenvalue weighted by molar-refractivity contribution is -0.000795. The lowest BCUT2D eigenvalue weighted by Crippen LogP contribution is -2.49. The van der Waals surface area contributed by atoms with Crippen molar-refractivity contribution in [1.82, 2.24) is 9.80 Å². The summed E-state index contributed by atoms with van der Waals surface area (Å²) >= 11 is 1.63. The van der Waals surface area contributed by atoms with Crippen LogP contribution in [-0.2, 0) is 33.7 Å². The van der Waals surface area contributed by atoms with Gasteiger partial charge in [0.05, 0.1) is 18.0 Å². The van der Waals surface area contributed by atoms with Crippen molar-refractivity contribution in [3.8, 4) is 6.07 Å². The molecule has 5 atom stereocenters. The van der Waals surface area contributed by atoms with Crippen LogP contribution in [0.5, 0.6) is 0 Å². The molecular weight excluding hydrogens is 546 g/mol. The normalized spacial score (nSPS) is 31.1. The van der Waals surface area contributed by atoms with E-state index in [0.717, 1.165) is 12.0 Å². The summed E-state index contributed by atoms with van der Waals surface area (Å²) in [4.78, 5) is 27.2. The Kier molecular flexibility index (Phi) is 7.99. The molecule has 5 rings (SSSR count). The van der Waals surface area contributed by atoms with E-state index in [1.165, 1.54) is 4.90 Å². The molecule has 5 unspecified atom stereocenters. The molecule has 0 radical (unpaired) electrons. The Hall–Kier alpha value is -2.40. The first-order valence-corrected chi connectivity index (χ1v) is 15.3. The topological polar surface area (TPSA) is 135 Å². The second kappa shape index (κ2) is 10.5. The predicted molar refractivity (Wildman–Crippen MR) is 142 cm³/mol. The Labute approximate surface area is 234 Å². The summed E-state index contributed by atoms with van der Waals surface area (Å²) < 4.78 is 42.4. The van der Waals surface area contributed by atoms with Gasteiger partial charge in [-0.3, -0.25) is 0 Å². The Morgan fingerprint density at radius 2 is 1.54 bits per heavy atom. The van der Waals surface area contributed by atoms with Crippen molar-refractivity contribution < 1.29 is 35.8 Å². The SMILES string of the molecule is CC(C)(C)OC(=O)N1CCC2C(C1)C2(C#N)c1ccsc1.CC(C)(C)OC(=O)N1CCC2OS(=O)(=O)OC2C1. The van der Waals surface area contributed by atoms with E-state index in [1.54, 1.807) is 37.0 Å². The fraction of sp³-hybridized carbons (Fsp3) is 0.731. The molecule has 3 saturated heterocycles. The van der Waals surface area contributed by atoms with Gasteiger partial charge < -0.3 is 19.3 Å². The molecule has 0 spiro atoms. The molecule has 1 aliphatic carbocycles. The van der Waals surface area contributed by atoms with Crippen LogP contribution in [0.1, 0.15) is 59.9 Å². The molecule has 1 aromatic heterocycles. The Morgan fingerprint density at radius 3 is 2.08 bits per heavy atom. The fourth-order valence-corrected chi connectivity index (χ4v) is 7.21. The maximum Gasteiger partial charge on any atom is 0.410 e. The highest BCUT2D eigenvalue weighted by molar-refractivity contribution is 7.82. The summed E-state index contributed by atoms with van der Waals surface area (Å²) in [5.41, 5.74) is -0.308. The number of thiophene rings is 1. The van der Waals surface area contributed by atoms with Crippen molar-refractivity contribution in [3.05, 3.63) is 22.4 Å². The maximum atomic E-state index is 12.2. The minimum Gasteiger partial charge on any atom is -0.444 e. The van der Waals surface area contributed by atoms with Crippen LogP contribution in [0.25, 0.3) is 0 Å². The standard InChI is InChI=1S/C16H20N2O2S.C10H17NO6S/c1-15(2,3)20-14(19)18-6-4-12-13(8-18)16(12,10-17)11-5-7-21-9-11;1-10(2,3)15-9(12)11-5-4-7-8(6-11)17-18(13,14)16-7/h5,7,9,12-13H,4,6,8H2,1-3H3;7-8H,4-6H2,1-3H3. The lowest BCUT2D eigenvalue weighted by atomic mass is 9.96. The minimum absolute atomic E-state index is 0.165. The van der Waals surface area contributed by atoms with Crippen molar-refractivity contribution >= 4 is 33.9 Å². The van der Waals surface area contributed by atoms with E-state index >= 15 is 0 Å². The van der Waals surface area contributed by atoms with Crippen LogP contribution in [0.2, 0.25) is 0 Å². The minimum atomic E-state index is -3.89. The van der Waals surface area contributed by atoms with Gasteiger partial charge in [-0.1, -0.05) is 0 Å².